The Hall–Kier alpha value is -2.71. The van der Waals surface area contributed by atoms with Crippen LogP contribution in [0.25, 0.3) is 11.1 Å². The number of hydrogen-bond acceptors (Lipinski definition) is 5. The lowest BCUT2D eigenvalue weighted by Gasteiger charge is -2.32. The number of aliphatic hydroxyl groups is 1. The molecule has 0 aliphatic heterocycles. The van der Waals surface area contributed by atoms with E-state index < -0.39 is 34.1 Å². The smallest absolute Gasteiger partial charge is 0.407 e. The van der Waals surface area contributed by atoms with E-state index >= 15 is 0 Å². The van der Waals surface area contributed by atoms with Gasteiger partial charge in [-0.3, -0.25) is 4.79 Å². The molecular weight excluding hydrogens is 401 g/mol. The summed E-state index contributed by atoms with van der Waals surface area (Å²) in [6.45, 7) is 10.5. The van der Waals surface area contributed by atoms with Crippen LogP contribution in [0.15, 0.2) is 41.5 Å². The number of alkyl carbamates (subject to hydrolysis) is 1. The van der Waals surface area contributed by atoms with Crippen LogP contribution in [0.3, 0.4) is 0 Å². The molecule has 1 amide bonds. The predicted octanol–water partition coefficient (Wildman–Crippen LogP) is 3.08. The highest BCUT2D eigenvalue weighted by Gasteiger charge is 2.30. The van der Waals surface area contributed by atoms with E-state index in [2.05, 4.69) is 5.32 Å². The van der Waals surface area contributed by atoms with Crippen LogP contribution in [0.2, 0.25) is 0 Å². The fraction of sp³-hybridized carbons (Fsp3) is 0.478. The van der Waals surface area contributed by atoms with Gasteiger partial charge in [-0.2, -0.15) is 0 Å². The zero-order valence-corrected chi connectivity index (χ0v) is 19.0. The minimum Gasteiger partial charge on any atom is -0.444 e. The first-order valence-corrected chi connectivity index (χ1v) is 10.1. The molecule has 1 aromatic heterocycles. The number of carbonyl (C=O) groups is 1. The molecule has 1 atom stereocenters. The number of nitrogens with zero attached hydrogens (tertiary/aromatic N) is 1. The Morgan fingerprint density at radius 1 is 1.13 bits per heavy atom. The molecule has 7 nitrogen and oxygen atoms in total. The summed E-state index contributed by atoms with van der Waals surface area (Å²) in [6, 6.07) is 5.54. The fourth-order valence-electron chi connectivity index (χ4n) is 2.95. The Labute approximate surface area is 182 Å². The van der Waals surface area contributed by atoms with Crippen molar-refractivity contribution in [2.24, 2.45) is 5.73 Å². The molecule has 31 heavy (non-hydrogen) atoms. The van der Waals surface area contributed by atoms with Gasteiger partial charge < -0.3 is 25.5 Å². The predicted molar refractivity (Wildman–Crippen MR) is 118 cm³/mol. The van der Waals surface area contributed by atoms with E-state index in [-0.39, 0.29) is 24.2 Å². The van der Waals surface area contributed by atoms with Crippen molar-refractivity contribution in [3.05, 3.63) is 58.3 Å². The summed E-state index contributed by atoms with van der Waals surface area (Å²) in [5.74, 6) is -0.420. The maximum absolute atomic E-state index is 13.4. The summed E-state index contributed by atoms with van der Waals surface area (Å²) in [7, 11) is 0. The number of benzene rings is 1. The average molecular weight is 434 g/mol. The Kier molecular flexibility index (Phi) is 6.97. The molecule has 0 saturated carbocycles. The van der Waals surface area contributed by atoms with Gasteiger partial charge in [0.2, 0.25) is 0 Å². The van der Waals surface area contributed by atoms with Gasteiger partial charge in [0.1, 0.15) is 17.0 Å². The first kappa shape index (κ1) is 24.6. The van der Waals surface area contributed by atoms with Gasteiger partial charge in [-0.25, -0.2) is 9.18 Å². The van der Waals surface area contributed by atoms with Crippen molar-refractivity contribution >= 4 is 6.09 Å². The van der Waals surface area contributed by atoms with Crippen LogP contribution >= 0.6 is 0 Å². The molecule has 0 bridgehead atoms. The van der Waals surface area contributed by atoms with Gasteiger partial charge in [-0.15, -0.1) is 0 Å². The van der Waals surface area contributed by atoms with Gasteiger partial charge >= 0.3 is 6.09 Å². The van der Waals surface area contributed by atoms with E-state index in [1.807, 2.05) is 13.8 Å². The summed E-state index contributed by atoms with van der Waals surface area (Å²) in [5, 5.41) is 13.5. The van der Waals surface area contributed by atoms with Crippen molar-refractivity contribution in [1.82, 2.24) is 9.88 Å². The summed E-state index contributed by atoms with van der Waals surface area (Å²) < 4.78 is 20.4. The lowest BCUT2D eigenvalue weighted by atomic mass is 9.93. The van der Waals surface area contributed by atoms with E-state index in [1.54, 1.807) is 37.7 Å². The van der Waals surface area contributed by atoms with Crippen LogP contribution in [-0.2, 0) is 15.9 Å². The van der Waals surface area contributed by atoms with Gasteiger partial charge in [0, 0.05) is 36.6 Å². The molecular formula is C23H32FN3O4. The zero-order valence-electron chi connectivity index (χ0n) is 19.0. The van der Waals surface area contributed by atoms with Gasteiger partial charge in [-0.05, 0) is 59.2 Å². The average Bonchev–Trinajstić information content (AvgIpc) is 2.66. The molecule has 0 radical (unpaired) electrons. The standard InChI is InChI=1S/C23H32FN3O4/c1-21(2,3)31-20(29)26-14-22(4,5)27-11-17(15-7-9-16(24)10-8-15)19(28)18(12-27)23(6,30)13-25/h7-12,30H,13-14,25H2,1-6H3,(H,26,29). The molecule has 1 heterocycles. The lowest BCUT2D eigenvalue weighted by molar-refractivity contribution is 0.0504. The third kappa shape index (κ3) is 6.15. The molecule has 2 aromatic rings. The number of aromatic nitrogens is 1. The van der Waals surface area contributed by atoms with E-state index in [0.29, 0.717) is 5.56 Å². The number of nitrogens with one attached hydrogen (secondary N) is 1. The summed E-state index contributed by atoms with van der Waals surface area (Å²) in [5.41, 5.74) is 3.33. The number of pyridine rings is 1. The van der Waals surface area contributed by atoms with Crippen LogP contribution in [0.5, 0.6) is 0 Å². The monoisotopic (exact) mass is 433 g/mol. The van der Waals surface area contributed by atoms with Gasteiger partial charge in [0.25, 0.3) is 0 Å². The Balaban J connectivity index is 2.52. The third-order valence-corrected chi connectivity index (χ3v) is 4.92. The van der Waals surface area contributed by atoms with Gasteiger partial charge in [-0.1, -0.05) is 12.1 Å². The molecule has 0 saturated heterocycles. The number of rotatable bonds is 6. The summed E-state index contributed by atoms with van der Waals surface area (Å²) >= 11 is 0. The maximum Gasteiger partial charge on any atom is 0.407 e. The van der Waals surface area contributed by atoms with Crippen molar-refractivity contribution in [1.29, 1.82) is 0 Å². The summed E-state index contributed by atoms with van der Waals surface area (Å²) in [6.07, 6.45) is 2.61. The summed E-state index contributed by atoms with van der Waals surface area (Å²) in [4.78, 5) is 25.2. The third-order valence-electron chi connectivity index (χ3n) is 4.92. The largest absolute Gasteiger partial charge is 0.444 e. The highest BCUT2D eigenvalue weighted by Crippen LogP contribution is 2.25. The number of carbonyl (C=O) groups excluding carboxylic acids is 1. The Morgan fingerprint density at radius 2 is 1.71 bits per heavy atom. The number of ether oxygens (including phenoxy) is 1. The first-order valence-electron chi connectivity index (χ1n) is 10.1. The van der Waals surface area contributed by atoms with Crippen LogP contribution in [0.4, 0.5) is 9.18 Å². The molecule has 0 spiro atoms. The Bertz CT molecular complexity index is 989. The molecule has 4 N–H and O–H groups in total. The van der Waals surface area contributed by atoms with E-state index in [0.717, 1.165) is 0 Å². The minimum atomic E-state index is -1.57. The van der Waals surface area contributed by atoms with E-state index in [9.17, 15) is 19.1 Å². The van der Waals surface area contributed by atoms with Crippen molar-refractivity contribution in [3.8, 4) is 11.1 Å². The van der Waals surface area contributed by atoms with Crippen molar-refractivity contribution in [2.75, 3.05) is 13.1 Å². The second kappa shape index (κ2) is 8.80. The zero-order chi connectivity index (χ0) is 23.6. The molecule has 0 aliphatic rings. The lowest BCUT2D eigenvalue weighted by Crippen LogP contribution is -2.44. The second-order valence-corrected chi connectivity index (χ2v) is 9.47. The van der Waals surface area contributed by atoms with Gasteiger partial charge in [0.05, 0.1) is 5.54 Å². The van der Waals surface area contributed by atoms with Crippen molar-refractivity contribution < 1.29 is 19.0 Å². The number of hydrogen-bond donors (Lipinski definition) is 3. The number of nitrogens with two attached hydrogens (primary N) is 1. The van der Waals surface area contributed by atoms with Crippen LogP contribution in [0.1, 0.15) is 47.1 Å². The van der Waals surface area contributed by atoms with E-state index in [1.165, 1.54) is 31.2 Å². The quantitative estimate of drug-likeness (QED) is 0.649. The van der Waals surface area contributed by atoms with Crippen molar-refractivity contribution in [2.45, 2.75) is 58.3 Å². The van der Waals surface area contributed by atoms with Crippen LogP contribution in [0, 0.1) is 5.82 Å². The molecule has 1 aromatic carbocycles. The number of amides is 1. The second-order valence-electron chi connectivity index (χ2n) is 9.47. The van der Waals surface area contributed by atoms with Crippen molar-refractivity contribution in [3.63, 3.8) is 0 Å². The van der Waals surface area contributed by atoms with Crippen LogP contribution in [-0.4, -0.2) is 34.5 Å². The molecule has 2 rings (SSSR count). The maximum atomic E-state index is 13.4. The molecule has 0 aliphatic carbocycles. The molecule has 0 fully saturated rings. The molecule has 8 heteroatoms. The van der Waals surface area contributed by atoms with E-state index in [4.69, 9.17) is 10.5 Å². The highest BCUT2D eigenvalue weighted by molar-refractivity contribution is 5.67. The first-order chi connectivity index (χ1) is 14.2. The molecule has 170 valence electrons. The topological polar surface area (TPSA) is 107 Å². The van der Waals surface area contributed by atoms with Gasteiger partial charge in [0.15, 0.2) is 5.43 Å². The Morgan fingerprint density at radius 3 is 2.23 bits per heavy atom. The number of halogens is 1. The molecule has 1 unspecified atom stereocenters. The highest BCUT2D eigenvalue weighted by atomic mass is 19.1. The fourth-order valence-corrected chi connectivity index (χ4v) is 2.95. The SMILES string of the molecule is CC(C)(C)OC(=O)NCC(C)(C)n1cc(-c2ccc(F)cc2)c(=O)c(C(C)(O)CN)c1. The minimum absolute atomic E-state index is 0.113. The normalized spacial score (nSPS) is 14.1. The van der Waals surface area contributed by atoms with Crippen LogP contribution < -0.4 is 16.5 Å².